The van der Waals surface area contributed by atoms with E-state index in [1.807, 2.05) is 42.8 Å². The zero-order valence-electron chi connectivity index (χ0n) is 11.5. The summed E-state index contributed by atoms with van der Waals surface area (Å²) in [5.74, 6) is -1.01. The number of aromatic nitrogens is 1. The molecule has 0 unspecified atom stereocenters. The summed E-state index contributed by atoms with van der Waals surface area (Å²) in [5.41, 5.74) is 1.65. The Balaban J connectivity index is 2.08. The standard InChI is InChI=1S/C16H14N2O2S/c1-18(10-11-5-4-8-21-11)15-9-14(16(19)20)17-13-7-3-2-6-12(13)15/h2-9H,10H2,1H3,(H,19,20). The lowest BCUT2D eigenvalue weighted by Gasteiger charge is -2.20. The molecule has 0 bridgehead atoms. The maximum absolute atomic E-state index is 11.3. The zero-order chi connectivity index (χ0) is 14.8. The Morgan fingerprint density at radius 3 is 2.81 bits per heavy atom. The van der Waals surface area contributed by atoms with E-state index >= 15 is 0 Å². The van der Waals surface area contributed by atoms with Gasteiger partial charge in [-0.3, -0.25) is 0 Å². The van der Waals surface area contributed by atoms with E-state index < -0.39 is 5.97 Å². The molecule has 0 saturated carbocycles. The second kappa shape index (κ2) is 5.54. The number of rotatable bonds is 4. The maximum atomic E-state index is 11.3. The lowest BCUT2D eigenvalue weighted by molar-refractivity contribution is 0.0691. The monoisotopic (exact) mass is 298 g/mol. The fourth-order valence-corrected chi connectivity index (χ4v) is 3.06. The van der Waals surface area contributed by atoms with Gasteiger partial charge < -0.3 is 10.0 Å². The number of carboxylic acids is 1. The average Bonchev–Trinajstić information content (AvgIpc) is 2.98. The van der Waals surface area contributed by atoms with E-state index in [4.69, 9.17) is 0 Å². The molecule has 0 spiro atoms. The summed E-state index contributed by atoms with van der Waals surface area (Å²) in [4.78, 5) is 18.7. The Morgan fingerprint density at radius 1 is 1.29 bits per heavy atom. The number of aromatic carboxylic acids is 1. The number of thiophene rings is 1. The lowest BCUT2D eigenvalue weighted by Crippen LogP contribution is -2.17. The van der Waals surface area contributed by atoms with Crippen LogP contribution in [0.2, 0.25) is 0 Å². The third-order valence-electron chi connectivity index (χ3n) is 3.30. The Bertz CT molecular complexity index is 784. The molecular formula is C16H14N2O2S. The molecule has 4 nitrogen and oxygen atoms in total. The Kier molecular flexibility index (Phi) is 3.58. The predicted octanol–water partition coefficient (Wildman–Crippen LogP) is 3.63. The molecule has 3 aromatic rings. The van der Waals surface area contributed by atoms with Gasteiger partial charge in [-0.1, -0.05) is 24.3 Å². The highest BCUT2D eigenvalue weighted by Crippen LogP contribution is 2.27. The van der Waals surface area contributed by atoms with Gasteiger partial charge in [0.05, 0.1) is 12.1 Å². The van der Waals surface area contributed by atoms with Crippen LogP contribution in [0.4, 0.5) is 5.69 Å². The van der Waals surface area contributed by atoms with Crippen molar-refractivity contribution < 1.29 is 9.90 Å². The van der Waals surface area contributed by atoms with Crippen LogP contribution >= 0.6 is 11.3 Å². The quantitative estimate of drug-likeness (QED) is 0.799. The number of hydrogen-bond donors (Lipinski definition) is 1. The molecule has 0 radical (unpaired) electrons. The first-order chi connectivity index (χ1) is 10.1. The number of nitrogens with zero attached hydrogens (tertiary/aromatic N) is 2. The minimum absolute atomic E-state index is 0.0710. The van der Waals surface area contributed by atoms with Gasteiger partial charge >= 0.3 is 5.97 Å². The average molecular weight is 298 g/mol. The molecule has 5 heteroatoms. The molecule has 0 aliphatic heterocycles. The van der Waals surface area contributed by atoms with Crippen molar-refractivity contribution in [2.75, 3.05) is 11.9 Å². The molecule has 0 atom stereocenters. The molecule has 2 aromatic heterocycles. The normalized spacial score (nSPS) is 10.7. The number of para-hydroxylation sites is 1. The van der Waals surface area contributed by atoms with Crippen molar-refractivity contribution >= 4 is 33.9 Å². The van der Waals surface area contributed by atoms with Gasteiger partial charge in [0.15, 0.2) is 5.69 Å². The van der Waals surface area contributed by atoms with Gasteiger partial charge in [0.25, 0.3) is 0 Å². The summed E-state index contributed by atoms with van der Waals surface area (Å²) in [6.45, 7) is 0.741. The van der Waals surface area contributed by atoms with Crippen molar-refractivity contribution in [1.29, 1.82) is 0 Å². The van der Waals surface area contributed by atoms with Crippen molar-refractivity contribution in [2.24, 2.45) is 0 Å². The molecule has 0 fully saturated rings. The number of anilines is 1. The maximum Gasteiger partial charge on any atom is 0.354 e. The molecule has 0 aliphatic rings. The Hall–Kier alpha value is -2.40. The van der Waals surface area contributed by atoms with Crippen molar-refractivity contribution in [1.82, 2.24) is 4.98 Å². The number of carbonyl (C=O) groups is 1. The molecular weight excluding hydrogens is 284 g/mol. The number of carboxylic acid groups (broad SMARTS) is 1. The highest BCUT2D eigenvalue weighted by atomic mass is 32.1. The van der Waals surface area contributed by atoms with Gasteiger partial charge in [0, 0.05) is 23.0 Å². The second-order valence-corrected chi connectivity index (χ2v) is 5.82. The summed E-state index contributed by atoms with van der Waals surface area (Å²) in [7, 11) is 1.97. The van der Waals surface area contributed by atoms with Crippen LogP contribution in [-0.4, -0.2) is 23.1 Å². The number of hydrogen-bond acceptors (Lipinski definition) is 4. The number of benzene rings is 1. The van der Waals surface area contributed by atoms with Gasteiger partial charge in [0.2, 0.25) is 0 Å². The van der Waals surface area contributed by atoms with Crippen LogP contribution in [0, 0.1) is 0 Å². The van der Waals surface area contributed by atoms with Crippen LogP contribution in [0.1, 0.15) is 15.4 Å². The van der Waals surface area contributed by atoms with Gasteiger partial charge in [0.1, 0.15) is 0 Å². The molecule has 3 rings (SSSR count). The number of pyridine rings is 1. The summed E-state index contributed by atoms with van der Waals surface area (Å²) in [6, 6.07) is 13.3. The molecule has 1 N–H and O–H groups in total. The van der Waals surface area contributed by atoms with Crippen molar-refractivity contribution in [3.8, 4) is 0 Å². The summed E-state index contributed by atoms with van der Waals surface area (Å²) >= 11 is 1.69. The van der Waals surface area contributed by atoms with E-state index in [2.05, 4.69) is 16.0 Å². The molecule has 0 aliphatic carbocycles. The highest BCUT2D eigenvalue weighted by Gasteiger charge is 2.13. The molecule has 0 amide bonds. The number of fused-ring (bicyclic) bond motifs is 1. The van der Waals surface area contributed by atoms with Crippen molar-refractivity contribution in [3.05, 3.63) is 58.4 Å². The van der Waals surface area contributed by atoms with Crippen LogP contribution < -0.4 is 4.90 Å². The van der Waals surface area contributed by atoms with Crippen LogP contribution in [0.25, 0.3) is 10.9 Å². The van der Waals surface area contributed by atoms with Gasteiger partial charge in [-0.05, 0) is 23.6 Å². The summed E-state index contributed by atoms with van der Waals surface area (Å²) in [5, 5.41) is 12.2. The second-order valence-electron chi connectivity index (χ2n) is 4.78. The van der Waals surface area contributed by atoms with E-state index in [0.717, 1.165) is 17.6 Å². The largest absolute Gasteiger partial charge is 0.477 e. The van der Waals surface area contributed by atoms with Gasteiger partial charge in [-0.25, -0.2) is 9.78 Å². The fourth-order valence-electron chi connectivity index (χ4n) is 2.30. The summed E-state index contributed by atoms with van der Waals surface area (Å²) in [6.07, 6.45) is 0. The van der Waals surface area contributed by atoms with Crippen LogP contribution in [0.5, 0.6) is 0 Å². The predicted molar refractivity (Wildman–Crippen MR) is 85.1 cm³/mol. The molecule has 2 heterocycles. The first-order valence-electron chi connectivity index (χ1n) is 6.52. The topological polar surface area (TPSA) is 53.4 Å². The lowest BCUT2D eigenvalue weighted by atomic mass is 10.1. The Morgan fingerprint density at radius 2 is 2.10 bits per heavy atom. The molecule has 106 valence electrons. The van der Waals surface area contributed by atoms with Crippen LogP contribution in [-0.2, 0) is 6.54 Å². The zero-order valence-corrected chi connectivity index (χ0v) is 12.3. The first-order valence-corrected chi connectivity index (χ1v) is 7.40. The van der Waals surface area contributed by atoms with Crippen molar-refractivity contribution in [3.63, 3.8) is 0 Å². The molecule has 21 heavy (non-hydrogen) atoms. The van der Waals surface area contributed by atoms with E-state index in [9.17, 15) is 9.90 Å². The third kappa shape index (κ3) is 2.73. The van der Waals surface area contributed by atoms with E-state index in [0.29, 0.717) is 5.52 Å². The van der Waals surface area contributed by atoms with E-state index in [-0.39, 0.29) is 5.69 Å². The smallest absolute Gasteiger partial charge is 0.354 e. The van der Waals surface area contributed by atoms with Crippen molar-refractivity contribution in [2.45, 2.75) is 6.54 Å². The minimum atomic E-state index is -1.01. The molecule has 0 saturated heterocycles. The third-order valence-corrected chi connectivity index (χ3v) is 4.16. The minimum Gasteiger partial charge on any atom is -0.477 e. The first kappa shape index (κ1) is 13.6. The fraction of sp³-hybridized carbons (Fsp3) is 0.125. The van der Waals surface area contributed by atoms with Gasteiger partial charge in [-0.15, -0.1) is 11.3 Å². The van der Waals surface area contributed by atoms with E-state index in [1.54, 1.807) is 17.4 Å². The van der Waals surface area contributed by atoms with Gasteiger partial charge in [-0.2, -0.15) is 0 Å². The SMILES string of the molecule is CN(Cc1cccs1)c1cc(C(=O)O)nc2ccccc12. The summed E-state index contributed by atoms with van der Waals surface area (Å²) < 4.78 is 0. The molecule has 1 aromatic carbocycles. The van der Waals surface area contributed by atoms with E-state index in [1.165, 1.54) is 4.88 Å². The highest BCUT2D eigenvalue weighted by molar-refractivity contribution is 7.09. The van der Waals surface area contributed by atoms with Crippen LogP contribution in [0.3, 0.4) is 0 Å². The van der Waals surface area contributed by atoms with Crippen LogP contribution in [0.15, 0.2) is 47.8 Å². The Labute approximate surface area is 126 Å².